The summed E-state index contributed by atoms with van der Waals surface area (Å²) in [5.74, 6) is 0.855. The van der Waals surface area contributed by atoms with Crippen molar-refractivity contribution in [3.8, 4) is 16.9 Å². The summed E-state index contributed by atoms with van der Waals surface area (Å²) in [7, 11) is 3.55. The number of nitrogens with one attached hydrogen (secondary N) is 1. The van der Waals surface area contributed by atoms with Gasteiger partial charge < -0.3 is 19.7 Å². The van der Waals surface area contributed by atoms with Gasteiger partial charge in [0.15, 0.2) is 0 Å². The fraction of sp³-hybridized carbons (Fsp3) is 0.520. The average Bonchev–Trinajstić information content (AvgIpc) is 2.76. The molecular formula is C25H35N3O3. The van der Waals surface area contributed by atoms with Crippen LogP contribution in [0.5, 0.6) is 5.75 Å². The second-order valence-corrected chi connectivity index (χ2v) is 9.28. The molecule has 0 saturated heterocycles. The van der Waals surface area contributed by atoms with Crippen LogP contribution in [0.1, 0.15) is 52.0 Å². The molecule has 3 rings (SSSR count). The summed E-state index contributed by atoms with van der Waals surface area (Å²) in [5, 5.41) is 3.69. The number of rotatable bonds is 6. The summed E-state index contributed by atoms with van der Waals surface area (Å²) in [6.45, 7) is 6.49. The predicted octanol–water partition coefficient (Wildman–Crippen LogP) is 5.02. The van der Waals surface area contributed by atoms with E-state index in [4.69, 9.17) is 9.47 Å². The Balaban J connectivity index is 1.54. The van der Waals surface area contributed by atoms with Crippen LogP contribution < -0.4 is 10.1 Å². The molecule has 0 radical (unpaired) electrons. The number of carbonyl (C=O) groups is 1. The van der Waals surface area contributed by atoms with Crippen LogP contribution in [0.2, 0.25) is 0 Å². The molecule has 1 heterocycles. The van der Waals surface area contributed by atoms with E-state index in [-0.39, 0.29) is 12.1 Å². The fourth-order valence-electron chi connectivity index (χ4n) is 4.00. The second kappa shape index (κ2) is 10.1. The number of pyridine rings is 1. The minimum Gasteiger partial charge on any atom is -0.497 e. The van der Waals surface area contributed by atoms with Gasteiger partial charge in [-0.15, -0.1) is 0 Å². The molecule has 1 amide bonds. The number of nitrogens with zero attached hydrogens (tertiary/aromatic N) is 2. The fourth-order valence-corrected chi connectivity index (χ4v) is 4.00. The lowest BCUT2D eigenvalue weighted by molar-refractivity contribution is 0.0179. The zero-order valence-electron chi connectivity index (χ0n) is 19.4. The molecule has 1 aromatic carbocycles. The number of benzene rings is 1. The molecule has 1 aliphatic rings. The Morgan fingerprint density at radius 2 is 1.77 bits per heavy atom. The Kier molecular flexibility index (Phi) is 7.55. The van der Waals surface area contributed by atoms with E-state index in [1.54, 1.807) is 24.4 Å². The molecule has 0 aliphatic heterocycles. The second-order valence-electron chi connectivity index (χ2n) is 9.28. The summed E-state index contributed by atoms with van der Waals surface area (Å²) < 4.78 is 11.0. The quantitative estimate of drug-likeness (QED) is 0.704. The highest BCUT2D eigenvalue weighted by Crippen LogP contribution is 2.27. The first-order chi connectivity index (χ1) is 14.7. The largest absolute Gasteiger partial charge is 0.497 e. The molecule has 31 heavy (non-hydrogen) atoms. The average molecular weight is 426 g/mol. The molecule has 6 heteroatoms. The number of hydrogen-bond donors (Lipinski definition) is 1. The standard InChI is InChI=1S/C25H35N3O3/c1-25(2,3)31-24(29)28(4)22-8-6-21(7-9-22)27-17-18-14-20(16-23(15-18)30-5)19-10-12-26-13-11-19/h10-16,21-22,27H,6-9,17H2,1-5H3/t21-,22-. The van der Waals surface area contributed by atoms with Crippen LogP contribution in [0.15, 0.2) is 42.7 Å². The zero-order valence-corrected chi connectivity index (χ0v) is 19.4. The third kappa shape index (κ3) is 6.69. The Hall–Kier alpha value is -2.60. The Bertz CT molecular complexity index is 856. The zero-order chi connectivity index (χ0) is 22.4. The molecule has 2 aromatic rings. The lowest BCUT2D eigenvalue weighted by Crippen LogP contribution is -2.44. The van der Waals surface area contributed by atoms with E-state index < -0.39 is 5.60 Å². The molecule has 1 saturated carbocycles. The van der Waals surface area contributed by atoms with Crippen LogP contribution in [-0.4, -0.2) is 47.8 Å². The van der Waals surface area contributed by atoms with E-state index in [0.717, 1.165) is 49.1 Å². The minimum absolute atomic E-state index is 0.232. The smallest absolute Gasteiger partial charge is 0.410 e. The van der Waals surface area contributed by atoms with Crippen molar-refractivity contribution in [3.05, 3.63) is 48.3 Å². The van der Waals surface area contributed by atoms with Crippen molar-refractivity contribution in [1.82, 2.24) is 15.2 Å². The summed E-state index contributed by atoms with van der Waals surface area (Å²) >= 11 is 0. The maximum Gasteiger partial charge on any atom is 0.410 e. The van der Waals surface area contributed by atoms with E-state index in [1.807, 2.05) is 40.0 Å². The summed E-state index contributed by atoms with van der Waals surface area (Å²) in [6.07, 6.45) is 7.42. The number of methoxy groups -OCH3 is 1. The topological polar surface area (TPSA) is 63.7 Å². The van der Waals surface area contributed by atoms with E-state index in [1.165, 1.54) is 5.56 Å². The SMILES string of the molecule is COc1cc(CN[C@H]2CC[C@H](N(C)C(=O)OC(C)(C)C)CC2)cc(-c2ccncc2)c1. The van der Waals surface area contributed by atoms with Crippen molar-refractivity contribution < 1.29 is 14.3 Å². The molecule has 6 nitrogen and oxygen atoms in total. The first kappa shape index (κ1) is 23.1. The van der Waals surface area contributed by atoms with Crippen molar-refractivity contribution in [2.24, 2.45) is 0 Å². The van der Waals surface area contributed by atoms with Gasteiger partial charge in [-0.1, -0.05) is 0 Å². The monoisotopic (exact) mass is 425 g/mol. The van der Waals surface area contributed by atoms with Gasteiger partial charge in [0.25, 0.3) is 0 Å². The third-order valence-electron chi connectivity index (χ3n) is 5.74. The number of aromatic nitrogens is 1. The predicted molar refractivity (Wildman–Crippen MR) is 123 cm³/mol. The molecule has 0 unspecified atom stereocenters. The van der Waals surface area contributed by atoms with Gasteiger partial charge >= 0.3 is 6.09 Å². The molecule has 0 spiro atoms. The Morgan fingerprint density at radius 3 is 2.39 bits per heavy atom. The summed E-state index contributed by atoms with van der Waals surface area (Å²) in [6, 6.07) is 11.0. The first-order valence-corrected chi connectivity index (χ1v) is 11.0. The van der Waals surface area contributed by atoms with E-state index in [2.05, 4.69) is 28.5 Å². The van der Waals surface area contributed by atoms with Crippen molar-refractivity contribution in [2.45, 2.75) is 70.7 Å². The molecule has 168 valence electrons. The molecular weight excluding hydrogens is 390 g/mol. The van der Waals surface area contributed by atoms with Crippen LogP contribution >= 0.6 is 0 Å². The molecule has 1 N–H and O–H groups in total. The third-order valence-corrected chi connectivity index (χ3v) is 5.74. The maximum atomic E-state index is 12.3. The van der Waals surface area contributed by atoms with Crippen molar-refractivity contribution in [3.63, 3.8) is 0 Å². The lowest BCUT2D eigenvalue weighted by Gasteiger charge is -2.35. The van der Waals surface area contributed by atoms with Gasteiger partial charge in [0.1, 0.15) is 11.4 Å². The normalized spacial score (nSPS) is 19.0. The Labute approximate surface area is 186 Å². The van der Waals surface area contributed by atoms with Crippen molar-refractivity contribution >= 4 is 6.09 Å². The van der Waals surface area contributed by atoms with Gasteiger partial charge in [-0.05, 0) is 93.5 Å². The Morgan fingerprint density at radius 1 is 1.10 bits per heavy atom. The van der Waals surface area contributed by atoms with Gasteiger partial charge in [0.2, 0.25) is 0 Å². The van der Waals surface area contributed by atoms with Gasteiger partial charge in [-0.25, -0.2) is 4.79 Å². The summed E-state index contributed by atoms with van der Waals surface area (Å²) in [4.78, 5) is 18.2. The number of hydrogen-bond acceptors (Lipinski definition) is 5. The molecule has 0 bridgehead atoms. The molecule has 1 fully saturated rings. The first-order valence-electron chi connectivity index (χ1n) is 11.0. The van der Waals surface area contributed by atoms with Crippen LogP contribution in [-0.2, 0) is 11.3 Å². The van der Waals surface area contributed by atoms with E-state index in [9.17, 15) is 4.79 Å². The molecule has 1 aromatic heterocycles. The molecule has 1 aliphatic carbocycles. The highest BCUT2D eigenvalue weighted by atomic mass is 16.6. The lowest BCUT2D eigenvalue weighted by atomic mass is 9.90. The van der Waals surface area contributed by atoms with Gasteiger partial charge in [-0.3, -0.25) is 4.98 Å². The van der Waals surface area contributed by atoms with Crippen LogP contribution in [0.4, 0.5) is 4.79 Å². The van der Waals surface area contributed by atoms with Crippen molar-refractivity contribution in [2.75, 3.05) is 14.2 Å². The van der Waals surface area contributed by atoms with Gasteiger partial charge in [0, 0.05) is 38.1 Å². The van der Waals surface area contributed by atoms with E-state index in [0.29, 0.717) is 6.04 Å². The number of ether oxygens (including phenoxy) is 2. The van der Waals surface area contributed by atoms with Crippen LogP contribution in [0.25, 0.3) is 11.1 Å². The van der Waals surface area contributed by atoms with Crippen LogP contribution in [0.3, 0.4) is 0 Å². The van der Waals surface area contributed by atoms with Gasteiger partial charge in [0.05, 0.1) is 7.11 Å². The molecule has 0 atom stereocenters. The van der Waals surface area contributed by atoms with Crippen LogP contribution in [0, 0.1) is 0 Å². The minimum atomic E-state index is -0.462. The summed E-state index contributed by atoms with van der Waals surface area (Å²) in [5.41, 5.74) is 2.98. The highest BCUT2D eigenvalue weighted by Gasteiger charge is 2.29. The van der Waals surface area contributed by atoms with Gasteiger partial charge in [-0.2, -0.15) is 0 Å². The number of carbonyl (C=O) groups excluding carboxylic acids is 1. The number of amides is 1. The van der Waals surface area contributed by atoms with Crippen molar-refractivity contribution in [1.29, 1.82) is 0 Å². The highest BCUT2D eigenvalue weighted by molar-refractivity contribution is 5.68. The maximum absolute atomic E-state index is 12.3. The van der Waals surface area contributed by atoms with E-state index >= 15 is 0 Å².